The van der Waals surface area contributed by atoms with Crippen LogP contribution in [-0.2, 0) is 32.7 Å². The normalized spacial score (nSPS) is 14.4. The Bertz CT molecular complexity index is 1370. The molecule has 0 saturated heterocycles. The molecule has 0 aromatic rings. The zero-order valence-electron chi connectivity index (χ0n) is 39.8. The highest BCUT2D eigenvalue weighted by molar-refractivity contribution is 7.45. The number of esters is 2. The number of phosphoric ester groups is 1. The third-order valence-corrected chi connectivity index (χ3v) is 10.6. The van der Waals surface area contributed by atoms with Gasteiger partial charge < -0.3 is 27.9 Å². The van der Waals surface area contributed by atoms with Crippen molar-refractivity contribution in [2.24, 2.45) is 0 Å². The van der Waals surface area contributed by atoms with Gasteiger partial charge in [-0.3, -0.25) is 14.2 Å². The highest BCUT2D eigenvalue weighted by Gasteiger charge is 2.21. The van der Waals surface area contributed by atoms with E-state index in [-0.39, 0.29) is 26.1 Å². The van der Waals surface area contributed by atoms with Gasteiger partial charge in [0.2, 0.25) is 0 Å². The summed E-state index contributed by atoms with van der Waals surface area (Å²) in [6, 6.07) is 0. The van der Waals surface area contributed by atoms with Gasteiger partial charge in [-0.25, -0.2) is 0 Å². The maximum atomic E-state index is 12.7. The predicted octanol–water partition coefficient (Wildman–Crippen LogP) is 13.5. The highest BCUT2D eigenvalue weighted by atomic mass is 31.2. The Morgan fingerprint density at radius 1 is 0.516 bits per heavy atom. The summed E-state index contributed by atoms with van der Waals surface area (Å²) in [6.07, 6.45) is 57.2. The lowest BCUT2D eigenvalue weighted by Crippen LogP contribution is -2.37. The summed E-state index contributed by atoms with van der Waals surface area (Å²) in [5.74, 6) is -0.892. The number of rotatable bonds is 42. The average Bonchev–Trinajstić information content (AvgIpc) is 3.23. The molecule has 0 N–H and O–H groups in total. The van der Waals surface area contributed by atoms with Crippen LogP contribution in [0.4, 0.5) is 0 Å². The van der Waals surface area contributed by atoms with Gasteiger partial charge in [0.1, 0.15) is 19.8 Å². The van der Waals surface area contributed by atoms with Gasteiger partial charge in [0.15, 0.2) is 6.10 Å². The van der Waals surface area contributed by atoms with E-state index in [1.807, 2.05) is 21.1 Å². The first-order chi connectivity index (χ1) is 30.0. The minimum atomic E-state index is -4.64. The molecule has 0 aliphatic carbocycles. The van der Waals surface area contributed by atoms with Crippen LogP contribution in [0.25, 0.3) is 0 Å². The van der Waals surface area contributed by atoms with E-state index in [9.17, 15) is 19.0 Å². The van der Waals surface area contributed by atoms with Crippen molar-refractivity contribution in [1.82, 2.24) is 0 Å². The molecule has 0 aliphatic heterocycles. The van der Waals surface area contributed by atoms with E-state index in [1.165, 1.54) is 32.1 Å². The van der Waals surface area contributed by atoms with Crippen LogP contribution in [-0.4, -0.2) is 70.0 Å². The smallest absolute Gasteiger partial charge is 0.306 e. The lowest BCUT2D eigenvalue weighted by atomic mass is 10.1. The molecule has 0 rings (SSSR count). The van der Waals surface area contributed by atoms with E-state index >= 15 is 0 Å². The van der Waals surface area contributed by atoms with Crippen molar-refractivity contribution >= 4 is 19.8 Å². The number of nitrogens with zero attached hydrogens (tertiary/aromatic N) is 1. The standard InChI is InChI=1S/C52H88NO8P/c1-6-8-10-12-14-16-18-20-21-22-23-24-25-26-27-28-29-30-31-33-35-37-39-41-43-45-52(55)61-50(49-60-62(56,57)59-47-46-53(3,4)5)48-58-51(54)44-42-40-38-36-34-32-19-17-15-13-11-9-7-2/h8,10,14,16-17,19-21,23-24,26-27,29-30,33,35,50H,6-7,9,11-13,15,18,22,25,28,31-32,34,36-49H2,1-5H3/b10-8-,16-14-,19-17-,21-20-,24-23-,27-26-,30-29-,35-33-. The summed E-state index contributed by atoms with van der Waals surface area (Å²) < 4.78 is 33.9. The molecule has 354 valence electrons. The summed E-state index contributed by atoms with van der Waals surface area (Å²) in [6.45, 7) is 4.03. The van der Waals surface area contributed by atoms with E-state index in [4.69, 9.17) is 18.5 Å². The second-order valence-electron chi connectivity index (χ2n) is 16.7. The van der Waals surface area contributed by atoms with E-state index < -0.39 is 32.5 Å². The first kappa shape index (κ1) is 58.9. The third kappa shape index (κ3) is 46.4. The summed E-state index contributed by atoms with van der Waals surface area (Å²) in [5, 5.41) is 0. The fraction of sp³-hybridized carbons (Fsp3) is 0.654. The Hall–Kier alpha value is -3.07. The van der Waals surface area contributed by atoms with Gasteiger partial charge in [0, 0.05) is 12.8 Å². The zero-order chi connectivity index (χ0) is 45.7. The molecule has 0 saturated carbocycles. The number of carbonyl (C=O) groups excluding carboxylic acids is 2. The number of ether oxygens (including phenoxy) is 2. The number of allylic oxidation sites excluding steroid dienone is 16. The van der Waals surface area contributed by atoms with Crippen LogP contribution < -0.4 is 4.89 Å². The van der Waals surface area contributed by atoms with Crippen molar-refractivity contribution in [2.45, 2.75) is 174 Å². The minimum absolute atomic E-state index is 0.0444. The van der Waals surface area contributed by atoms with Crippen molar-refractivity contribution in [3.8, 4) is 0 Å². The van der Waals surface area contributed by atoms with Gasteiger partial charge in [-0.2, -0.15) is 0 Å². The molecule has 0 radical (unpaired) electrons. The quantitative estimate of drug-likeness (QED) is 0.0196. The van der Waals surface area contributed by atoms with E-state index in [0.29, 0.717) is 23.9 Å². The number of quaternary nitrogens is 1. The van der Waals surface area contributed by atoms with Crippen LogP contribution in [0.2, 0.25) is 0 Å². The molecule has 0 bridgehead atoms. The second kappa shape index (κ2) is 43.2. The molecule has 62 heavy (non-hydrogen) atoms. The molecule has 0 heterocycles. The van der Waals surface area contributed by atoms with Crippen LogP contribution in [0.1, 0.15) is 168 Å². The Kier molecular flexibility index (Phi) is 41.1. The molecule has 0 aromatic carbocycles. The van der Waals surface area contributed by atoms with Gasteiger partial charge in [0.25, 0.3) is 7.82 Å². The van der Waals surface area contributed by atoms with Crippen molar-refractivity contribution in [3.05, 3.63) is 97.2 Å². The molecule has 0 amide bonds. The molecule has 0 aliphatic rings. The Morgan fingerprint density at radius 2 is 0.919 bits per heavy atom. The lowest BCUT2D eigenvalue weighted by molar-refractivity contribution is -0.870. The van der Waals surface area contributed by atoms with Crippen LogP contribution in [0, 0.1) is 0 Å². The largest absolute Gasteiger partial charge is 0.756 e. The van der Waals surface area contributed by atoms with E-state index in [1.54, 1.807) is 0 Å². The highest BCUT2D eigenvalue weighted by Crippen LogP contribution is 2.38. The Balaban J connectivity index is 4.39. The van der Waals surface area contributed by atoms with Crippen molar-refractivity contribution < 1.29 is 42.1 Å². The minimum Gasteiger partial charge on any atom is -0.756 e. The SMILES string of the molecule is CC/C=C\C/C=C\C/C=C\C/C=C\C/C=C\C/C=C\C/C=C\CCCCCC(=O)OC(COC(=O)CCCCCCC/C=C\CCCCCC)COP(=O)([O-])OCC[N+](C)(C)C. The van der Waals surface area contributed by atoms with Crippen molar-refractivity contribution in [3.63, 3.8) is 0 Å². The molecule has 2 unspecified atom stereocenters. The fourth-order valence-corrected chi connectivity index (χ4v) is 6.59. The van der Waals surface area contributed by atoms with E-state index in [2.05, 4.69) is 111 Å². The summed E-state index contributed by atoms with van der Waals surface area (Å²) >= 11 is 0. The number of unbranched alkanes of at least 4 members (excludes halogenated alkanes) is 12. The number of carbonyl (C=O) groups is 2. The van der Waals surface area contributed by atoms with Gasteiger partial charge in [-0.05, 0) is 96.3 Å². The average molecular weight is 886 g/mol. The monoisotopic (exact) mass is 886 g/mol. The van der Waals surface area contributed by atoms with Gasteiger partial charge in [0.05, 0.1) is 27.7 Å². The van der Waals surface area contributed by atoms with Crippen LogP contribution in [0.5, 0.6) is 0 Å². The summed E-state index contributed by atoms with van der Waals surface area (Å²) in [4.78, 5) is 37.6. The number of hydrogen-bond acceptors (Lipinski definition) is 8. The van der Waals surface area contributed by atoms with Gasteiger partial charge in [-0.1, -0.05) is 156 Å². The molecular formula is C52H88NO8P. The second-order valence-corrected chi connectivity index (χ2v) is 18.1. The van der Waals surface area contributed by atoms with Crippen LogP contribution in [0.3, 0.4) is 0 Å². The fourth-order valence-electron chi connectivity index (χ4n) is 5.86. The Labute approximate surface area is 379 Å². The summed E-state index contributed by atoms with van der Waals surface area (Å²) in [5.41, 5.74) is 0. The maximum Gasteiger partial charge on any atom is 0.306 e. The third-order valence-electron chi connectivity index (χ3n) is 9.59. The Morgan fingerprint density at radius 3 is 1.40 bits per heavy atom. The number of hydrogen-bond donors (Lipinski definition) is 0. The molecular weight excluding hydrogens is 798 g/mol. The van der Waals surface area contributed by atoms with E-state index in [0.717, 1.165) is 96.3 Å². The molecule has 0 fully saturated rings. The first-order valence-electron chi connectivity index (χ1n) is 23.9. The number of phosphoric acid groups is 1. The zero-order valence-corrected chi connectivity index (χ0v) is 40.7. The maximum absolute atomic E-state index is 12.7. The molecule has 9 nitrogen and oxygen atoms in total. The molecule has 0 aromatic heterocycles. The first-order valence-corrected chi connectivity index (χ1v) is 25.4. The van der Waals surface area contributed by atoms with Gasteiger partial charge >= 0.3 is 11.9 Å². The van der Waals surface area contributed by atoms with Gasteiger partial charge in [-0.15, -0.1) is 0 Å². The molecule has 2 atom stereocenters. The van der Waals surface area contributed by atoms with Crippen LogP contribution in [0.15, 0.2) is 97.2 Å². The molecule has 10 heteroatoms. The van der Waals surface area contributed by atoms with Crippen LogP contribution >= 0.6 is 7.82 Å². The topological polar surface area (TPSA) is 111 Å². The molecule has 0 spiro atoms. The summed E-state index contributed by atoms with van der Waals surface area (Å²) in [7, 11) is 1.12. The lowest BCUT2D eigenvalue weighted by Gasteiger charge is -2.28. The predicted molar refractivity (Wildman–Crippen MR) is 259 cm³/mol. The van der Waals surface area contributed by atoms with Crippen molar-refractivity contribution in [1.29, 1.82) is 0 Å². The van der Waals surface area contributed by atoms with Crippen molar-refractivity contribution in [2.75, 3.05) is 47.5 Å². The number of likely N-dealkylation sites (N-methyl/N-ethyl adjacent to an activating group) is 1.